The van der Waals surface area contributed by atoms with Crippen molar-refractivity contribution < 1.29 is 14.7 Å². The molecule has 0 atom stereocenters. The Labute approximate surface area is 115 Å². The maximum Gasteiger partial charge on any atom is 0.319 e. The van der Waals surface area contributed by atoms with E-state index in [2.05, 4.69) is 0 Å². The zero-order valence-corrected chi connectivity index (χ0v) is 11.6. The van der Waals surface area contributed by atoms with Crippen molar-refractivity contribution >= 4 is 35.2 Å². The van der Waals surface area contributed by atoms with Gasteiger partial charge in [-0.2, -0.15) is 0 Å². The Morgan fingerprint density at radius 2 is 2.06 bits per heavy atom. The second-order valence-electron chi connectivity index (χ2n) is 4.27. The molecule has 0 aliphatic carbocycles. The predicted molar refractivity (Wildman–Crippen MR) is 73.0 cm³/mol. The van der Waals surface area contributed by atoms with E-state index in [9.17, 15) is 9.59 Å². The number of carboxylic acids is 1. The second kappa shape index (κ2) is 5.63. The highest BCUT2D eigenvalue weighted by atomic mass is 35.5. The van der Waals surface area contributed by atoms with Crippen LogP contribution in [0, 0.1) is 0 Å². The van der Waals surface area contributed by atoms with E-state index in [4.69, 9.17) is 22.4 Å². The number of hydrogen-bond donors (Lipinski definition) is 2. The normalized spacial score (nSPS) is 11.3. The van der Waals surface area contributed by atoms with Gasteiger partial charge in [-0.1, -0.05) is 17.7 Å². The van der Waals surface area contributed by atoms with Gasteiger partial charge in [0.1, 0.15) is 4.75 Å². The minimum Gasteiger partial charge on any atom is -0.480 e. The predicted octanol–water partition coefficient (Wildman–Crippen LogP) is 2.54. The zero-order chi connectivity index (χ0) is 13.9. The van der Waals surface area contributed by atoms with Crippen molar-refractivity contribution in [2.24, 2.45) is 5.73 Å². The molecule has 0 saturated heterocycles. The number of benzene rings is 1. The van der Waals surface area contributed by atoms with Gasteiger partial charge in [0.05, 0.1) is 0 Å². The van der Waals surface area contributed by atoms with Gasteiger partial charge in [-0.05, 0) is 31.5 Å². The SMILES string of the molecule is CC(C)(SCc1ccc(C(N)=O)cc1Cl)C(=O)O. The Kier molecular flexibility index (Phi) is 4.65. The molecule has 6 heteroatoms. The smallest absolute Gasteiger partial charge is 0.319 e. The summed E-state index contributed by atoms with van der Waals surface area (Å²) in [6.07, 6.45) is 0. The molecule has 0 heterocycles. The number of primary amides is 1. The summed E-state index contributed by atoms with van der Waals surface area (Å²) in [7, 11) is 0. The third kappa shape index (κ3) is 3.65. The molecule has 0 saturated carbocycles. The van der Waals surface area contributed by atoms with Crippen molar-refractivity contribution in [2.75, 3.05) is 0 Å². The fraction of sp³-hybridized carbons (Fsp3) is 0.333. The fourth-order valence-corrected chi connectivity index (χ4v) is 2.36. The quantitative estimate of drug-likeness (QED) is 0.872. The fourth-order valence-electron chi connectivity index (χ4n) is 1.14. The first-order valence-electron chi connectivity index (χ1n) is 5.19. The number of nitrogens with two attached hydrogens (primary N) is 1. The molecular weight excluding hydrogens is 274 g/mol. The second-order valence-corrected chi connectivity index (χ2v) is 6.28. The molecule has 0 bridgehead atoms. The lowest BCUT2D eigenvalue weighted by Crippen LogP contribution is -2.27. The first-order chi connectivity index (χ1) is 8.24. The van der Waals surface area contributed by atoms with Crippen LogP contribution in [0.4, 0.5) is 0 Å². The van der Waals surface area contributed by atoms with Crippen LogP contribution < -0.4 is 5.73 Å². The summed E-state index contributed by atoms with van der Waals surface area (Å²) in [5.41, 5.74) is 6.25. The van der Waals surface area contributed by atoms with Crippen molar-refractivity contribution in [3.05, 3.63) is 34.3 Å². The van der Waals surface area contributed by atoms with Crippen molar-refractivity contribution in [3.63, 3.8) is 0 Å². The number of hydrogen-bond acceptors (Lipinski definition) is 3. The molecule has 1 amide bonds. The summed E-state index contributed by atoms with van der Waals surface area (Å²) in [5.74, 6) is -0.962. The van der Waals surface area contributed by atoms with E-state index in [-0.39, 0.29) is 0 Å². The Morgan fingerprint density at radius 1 is 1.44 bits per heavy atom. The Bertz CT molecular complexity index is 488. The lowest BCUT2D eigenvalue weighted by molar-refractivity contribution is -0.138. The van der Waals surface area contributed by atoms with Crippen molar-refractivity contribution in [1.29, 1.82) is 0 Å². The van der Waals surface area contributed by atoms with Crippen LogP contribution >= 0.6 is 23.4 Å². The van der Waals surface area contributed by atoms with Crippen LogP contribution in [-0.2, 0) is 10.5 Å². The average molecular weight is 288 g/mol. The highest BCUT2D eigenvalue weighted by molar-refractivity contribution is 8.00. The van der Waals surface area contributed by atoms with Crippen LogP contribution in [0.15, 0.2) is 18.2 Å². The highest BCUT2D eigenvalue weighted by Crippen LogP contribution is 2.31. The third-order valence-electron chi connectivity index (χ3n) is 2.44. The largest absolute Gasteiger partial charge is 0.480 e. The molecule has 3 N–H and O–H groups in total. The Morgan fingerprint density at radius 3 is 2.50 bits per heavy atom. The van der Waals surface area contributed by atoms with Gasteiger partial charge in [0.2, 0.25) is 5.91 Å². The number of amides is 1. The molecule has 0 aromatic heterocycles. The van der Waals surface area contributed by atoms with Gasteiger partial charge in [-0.25, -0.2) is 0 Å². The van der Waals surface area contributed by atoms with Crippen LogP contribution in [0.2, 0.25) is 5.02 Å². The maximum absolute atomic E-state index is 11.0. The number of halogens is 1. The molecule has 98 valence electrons. The van der Waals surface area contributed by atoms with Gasteiger partial charge in [-0.3, -0.25) is 9.59 Å². The van der Waals surface area contributed by atoms with Gasteiger partial charge in [-0.15, -0.1) is 11.8 Å². The monoisotopic (exact) mass is 287 g/mol. The molecule has 18 heavy (non-hydrogen) atoms. The summed E-state index contributed by atoms with van der Waals surface area (Å²) in [6.45, 7) is 3.26. The van der Waals surface area contributed by atoms with Crippen molar-refractivity contribution in [3.8, 4) is 0 Å². The van der Waals surface area contributed by atoms with E-state index in [1.807, 2.05) is 0 Å². The van der Waals surface area contributed by atoms with E-state index < -0.39 is 16.6 Å². The molecule has 1 rings (SSSR count). The van der Waals surface area contributed by atoms with Crippen LogP contribution in [0.25, 0.3) is 0 Å². The summed E-state index contributed by atoms with van der Waals surface area (Å²) in [6, 6.07) is 4.76. The summed E-state index contributed by atoms with van der Waals surface area (Å²) < 4.78 is -0.883. The lowest BCUT2D eigenvalue weighted by atomic mass is 10.1. The van der Waals surface area contributed by atoms with Crippen LogP contribution in [0.3, 0.4) is 0 Å². The molecular formula is C12H14ClNO3S. The molecule has 0 aliphatic heterocycles. The molecule has 0 spiro atoms. The van der Waals surface area contributed by atoms with Gasteiger partial charge in [0.25, 0.3) is 0 Å². The molecule has 0 radical (unpaired) electrons. The maximum atomic E-state index is 11.0. The van der Waals surface area contributed by atoms with E-state index in [1.54, 1.807) is 26.0 Å². The first-order valence-corrected chi connectivity index (χ1v) is 6.56. The first kappa shape index (κ1) is 14.9. The van der Waals surface area contributed by atoms with Crippen LogP contribution in [0.5, 0.6) is 0 Å². The summed E-state index contributed by atoms with van der Waals surface area (Å²) in [4.78, 5) is 21.9. The van der Waals surface area contributed by atoms with E-state index in [0.717, 1.165) is 5.56 Å². The average Bonchev–Trinajstić information content (AvgIpc) is 2.26. The number of carbonyl (C=O) groups is 2. The number of rotatable bonds is 5. The van der Waals surface area contributed by atoms with Gasteiger partial charge in [0.15, 0.2) is 0 Å². The van der Waals surface area contributed by atoms with E-state index in [1.165, 1.54) is 17.8 Å². The third-order valence-corrected chi connectivity index (χ3v) is 4.14. The summed E-state index contributed by atoms with van der Waals surface area (Å²) in [5, 5.41) is 9.41. The minimum atomic E-state index is -0.883. The standard InChI is InChI=1S/C12H14ClNO3S/c1-12(2,11(16)17)18-6-8-4-3-7(10(14)15)5-9(8)13/h3-5H,6H2,1-2H3,(H2,14,15)(H,16,17). The minimum absolute atomic E-state index is 0.339. The van der Waals surface area contributed by atoms with Gasteiger partial charge < -0.3 is 10.8 Å². The molecule has 1 aromatic rings. The van der Waals surface area contributed by atoms with Crippen molar-refractivity contribution in [2.45, 2.75) is 24.3 Å². The molecule has 0 fully saturated rings. The Balaban J connectivity index is 2.81. The number of aliphatic carboxylic acids is 1. The topological polar surface area (TPSA) is 80.4 Å². The van der Waals surface area contributed by atoms with Gasteiger partial charge >= 0.3 is 5.97 Å². The number of thioether (sulfide) groups is 1. The molecule has 1 aromatic carbocycles. The highest BCUT2D eigenvalue weighted by Gasteiger charge is 2.27. The molecule has 0 unspecified atom stereocenters. The van der Waals surface area contributed by atoms with Gasteiger partial charge in [0, 0.05) is 16.3 Å². The lowest BCUT2D eigenvalue weighted by Gasteiger charge is -2.18. The van der Waals surface area contributed by atoms with Crippen molar-refractivity contribution in [1.82, 2.24) is 0 Å². The van der Waals surface area contributed by atoms with E-state index >= 15 is 0 Å². The summed E-state index contributed by atoms with van der Waals surface area (Å²) >= 11 is 7.28. The zero-order valence-electron chi connectivity index (χ0n) is 10.1. The van der Waals surface area contributed by atoms with E-state index in [0.29, 0.717) is 16.3 Å². The molecule has 4 nitrogen and oxygen atoms in total. The van der Waals surface area contributed by atoms with Crippen LogP contribution in [0.1, 0.15) is 29.8 Å². The Hall–Kier alpha value is -1.20. The molecule has 0 aliphatic rings. The van der Waals surface area contributed by atoms with Crippen LogP contribution in [-0.4, -0.2) is 21.7 Å². The number of carbonyl (C=O) groups excluding carboxylic acids is 1. The number of carboxylic acid groups (broad SMARTS) is 1.